The number of fused-ring (bicyclic) bond motifs is 1. The highest BCUT2D eigenvalue weighted by atomic mass is 16.5. The van der Waals surface area contributed by atoms with Crippen molar-refractivity contribution >= 4 is 11.6 Å². The summed E-state index contributed by atoms with van der Waals surface area (Å²) in [5, 5.41) is 9.38. The molecule has 27 heavy (non-hydrogen) atoms. The number of hydrogen-bond donors (Lipinski definition) is 1. The second-order valence-electron chi connectivity index (χ2n) is 6.45. The van der Waals surface area contributed by atoms with E-state index in [0.29, 0.717) is 34.1 Å². The van der Waals surface area contributed by atoms with Crippen LogP contribution in [-0.2, 0) is 0 Å². The number of rotatable bonds is 4. The van der Waals surface area contributed by atoms with E-state index >= 15 is 0 Å². The highest BCUT2D eigenvalue weighted by Crippen LogP contribution is 2.40. The van der Waals surface area contributed by atoms with E-state index < -0.39 is 0 Å². The number of imidazole rings is 1. The molecular formula is C19H20N6O2. The molecule has 1 aliphatic heterocycles. The lowest BCUT2D eigenvalue weighted by molar-refractivity contribution is 0.396. The van der Waals surface area contributed by atoms with Gasteiger partial charge in [0.15, 0.2) is 0 Å². The van der Waals surface area contributed by atoms with Crippen molar-refractivity contribution in [1.29, 1.82) is 5.26 Å². The van der Waals surface area contributed by atoms with E-state index in [-0.39, 0.29) is 6.04 Å². The number of methoxy groups -OCH3 is 2. The molecule has 1 fully saturated rings. The highest BCUT2D eigenvalue weighted by Gasteiger charge is 2.22. The molecule has 0 amide bonds. The van der Waals surface area contributed by atoms with E-state index in [1.54, 1.807) is 19.2 Å². The Morgan fingerprint density at radius 1 is 1.22 bits per heavy atom. The van der Waals surface area contributed by atoms with E-state index in [9.17, 15) is 5.26 Å². The lowest BCUT2D eigenvalue weighted by atomic mass is 10.1. The van der Waals surface area contributed by atoms with Gasteiger partial charge in [-0.15, -0.1) is 0 Å². The Bertz CT molecular complexity index is 1040. The first-order valence-electron chi connectivity index (χ1n) is 8.66. The number of aromatic nitrogens is 3. The van der Waals surface area contributed by atoms with Crippen molar-refractivity contribution in [2.45, 2.75) is 12.5 Å². The lowest BCUT2D eigenvalue weighted by Crippen LogP contribution is -2.26. The first kappa shape index (κ1) is 17.1. The molecular weight excluding hydrogens is 344 g/mol. The molecule has 0 saturated carbocycles. The molecule has 0 aliphatic carbocycles. The van der Waals surface area contributed by atoms with Crippen LogP contribution in [0.2, 0.25) is 0 Å². The Kier molecular flexibility index (Phi) is 4.30. The van der Waals surface area contributed by atoms with Gasteiger partial charge in [0.2, 0.25) is 5.78 Å². The number of anilines is 1. The van der Waals surface area contributed by atoms with Crippen LogP contribution >= 0.6 is 0 Å². The first-order chi connectivity index (χ1) is 13.1. The molecule has 138 valence electrons. The van der Waals surface area contributed by atoms with Crippen molar-refractivity contribution in [2.24, 2.45) is 5.73 Å². The van der Waals surface area contributed by atoms with Crippen LogP contribution in [0, 0.1) is 11.3 Å². The Morgan fingerprint density at radius 3 is 2.74 bits per heavy atom. The van der Waals surface area contributed by atoms with Gasteiger partial charge in [-0.2, -0.15) is 10.2 Å². The maximum atomic E-state index is 9.38. The smallest absolute Gasteiger partial charge is 0.236 e. The molecule has 1 atom stereocenters. The van der Waals surface area contributed by atoms with Crippen LogP contribution in [0.1, 0.15) is 12.0 Å². The fourth-order valence-electron chi connectivity index (χ4n) is 3.43. The second kappa shape index (κ2) is 6.78. The molecule has 8 nitrogen and oxygen atoms in total. The topological polar surface area (TPSA) is 102 Å². The molecule has 2 N–H and O–H groups in total. The molecule has 0 radical (unpaired) electrons. The van der Waals surface area contributed by atoms with Gasteiger partial charge < -0.3 is 20.1 Å². The fraction of sp³-hybridized carbons (Fsp3) is 0.316. The summed E-state index contributed by atoms with van der Waals surface area (Å²) in [5.41, 5.74) is 7.69. The molecule has 3 heterocycles. The molecule has 3 aromatic rings. The summed E-state index contributed by atoms with van der Waals surface area (Å²) >= 11 is 0. The van der Waals surface area contributed by atoms with Crippen molar-refractivity contribution in [2.75, 3.05) is 32.2 Å². The van der Waals surface area contributed by atoms with E-state index in [4.69, 9.17) is 15.2 Å². The summed E-state index contributed by atoms with van der Waals surface area (Å²) in [6.07, 6.45) is 4.73. The third-order valence-corrected chi connectivity index (χ3v) is 4.78. The monoisotopic (exact) mass is 364 g/mol. The average Bonchev–Trinajstić information content (AvgIpc) is 3.31. The normalized spacial score (nSPS) is 16.5. The summed E-state index contributed by atoms with van der Waals surface area (Å²) in [4.78, 5) is 11.5. The SMILES string of the molecule is COc1ccc(C#N)c(OC)c1-c1cn2ccc(N3CCC(N)C3)nc2n1. The van der Waals surface area contributed by atoms with Crippen LogP contribution in [0.3, 0.4) is 0 Å². The number of nitriles is 1. The second-order valence-corrected chi connectivity index (χ2v) is 6.45. The van der Waals surface area contributed by atoms with Gasteiger partial charge in [-0.05, 0) is 24.6 Å². The molecule has 8 heteroatoms. The summed E-state index contributed by atoms with van der Waals surface area (Å²) in [5.74, 6) is 2.44. The van der Waals surface area contributed by atoms with Crippen LogP contribution in [0.25, 0.3) is 17.0 Å². The molecule has 0 bridgehead atoms. The maximum absolute atomic E-state index is 9.38. The summed E-state index contributed by atoms with van der Waals surface area (Å²) in [6.45, 7) is 1.69. The predicted octanol–water partition coefficient (Wildman–Crippen LogP) is 1.82. The average molecular weight is 364 g/mol. The maximum Gasteiger partial charge on any atom is 0.236 e. The lowest BCUT2D eigenvalue weighted by Gasteiger charge is -2.16. The van der Waals surface area contributed by atoms with Crippen molar-refractivity contribution in [3.8, 4) is 28.8 Å². The van der Waals surface area contributed by atoms with Gasteiger partial charge in [-0.25, -0.2) is 4.98 Å². The van der Waals surface area contributed by atoms with Crippen LogP contribution in [0.5, 0.6) is 11.5 Å². The molecule has 4 rings (SSSR count). The highest BCUT2D eigenvalue weighted by molar-refractivity contribution is 5.78. The molecule has 1 saturated heterocycles. The standard InChI is InChI=1S/C19H20N6O2/c1-26-15-4-3-12(9-20)18(27-2)17(15)14-11-25-8-6-16(23-19(25)22-14)24-7-5-13(21)10-24/h3-4,6,8,11,13H,5,7,10,21H2,1-2H3. The van der Waals surface area contributed by atoms with Crippen molar-refractivity contribution in [3.05, 3.63) is 36.2 Å². The Balaban J connectivity index is 1.82. The van der Waals surface area contributed by atoms with Gasteiger partial charge in [-0.1, -0.05) is 0 Å². The minimum atomic E-state index is 0.181. The quantitative estimate of drug-likeness (QED) is 0.753. The molecule has 1 unspecified atom stereocenters. The molecule has 1 aromatic carbocycles. The van der Waals surface area contributed by atoms with Gasteiger partial charge in [0.1, 0.15) is 23.4 Å². The van der Waals surface area contributed by atoms with Crippen molar-refractivity contribution in [1.82, 2.24) is 14.4 Å². The third kappa shape index (κ3) is 2.92. The predicted molar refractivity (Wildman–Crippen MR) is 101 cm³/mol. The van der Waals surface area contributed by atoms with E-state index in [1.165, 1.54) is 7.11 Å². The largest absolute Gasteiger partial charge is 0.496 e. The van der Waals surface area contributed by atoms with Crippen LogP contribution < -0.4 is 20.1 Å². The Labute approximate surface area is 156 Å². The van der Waals surface area contributed by atoms with Gasteiger partial charge in [0.25, 0.3) is 0 Å². The fourth-order valence-corrected chi connectivity index (χ4v) is 3.43. The van der Waals surface area contributed by atoms with Crippen LogP contribution in [0.4, 0.5) is 5.82 Å². The molecule has 0 spiro atoms. The van der Waals surface area contributed by atoms with E-state index in [2.05, 4.69) is 20.9 Å². The third-order valence-electron chi connectivity index (χ3n) is 4.78. The number of hydrogen-bond acceptors (Lipinski definition) is 7. The van der Waals surface area contributed by atoms with Crippen molar-refractivity contribution in [3.63, 3.8) is 0 Å². The summed E-state index contributed by atoms with van der Waals surface area (Å²) in [7, 11) is 3.11. The van der Waals surface area contributed by atoms with Crippen LogP contribution in [0.15, 0.2) is 30.6 Å². The number of ether oxygens (including phenoxy) is 2. The minimum absolute atomic E-state index is 0.181. The summed E-state index contributed by atoms with van der Waals surface area (Å²) < 4.78 is 12.8. The zero-order chi connectivity index (χ0) is 19.0. The molecule has 2 aromatic heterocycles. The number of benzene rings is 1. The zero-order valence-corrected chi connectivity index (χ0v) is 15.2. The van der Waals surface area contributed by atoms with E-state index in [0.717, 1.165) is 25.3 Å². The first-order valence-corrected chi connectivity index (χ1v) is 8.66. The summed E-state index contributed by atoms with van der Waals surface area (Å²) in [6, 6.07) is 7.69. The minimum Gasteiger partial charge on any atom is -0.496 e. The van der Waals surface area contributed by atoms with Gasteiger partial charge in [0, 0.05) is 31.5 Å². The number of nitrogens with two attached hydrogens (primary N) is 1. The van der Waals surface area contributed by atoms with Gasteiger partial charge in [-0.3, -0.25) is 4.40 Å². The Morgan fingerprint density at radius 2 is 2.07 bits per heavy atom. The van der Waals surface area contributed by atoms with E-state index in [1.807, 2.05) is 22.9 Å². The number of nitrogens with zero attached hydrogens (tertiary/aromatic N) is 5. The van der Waals surface area contributed by atoms with Gasteiger partial charge in [0.05, 0.1) is 31.0 Å². The van der Waals surface area contributed by atoms with Crippen LogP contribution in [-0.4, -0.2) is 47.7 Å². The van der Waals surface area contributed by atoms with Crippen molar-refractivity contribution < 1.29 is 9.47 Å². The Hall–Kier alpha value is -3.31. The molecule has 1 aliphatic rings. The zero-order valence-electron chi connectivity index (χ0n) is 15.2. The van der Waals surface area contributed by atoms with Gasteiger partial charge >= 0.3 is 0 Å².